The molecule has 0 radical (unpaired) electrons. The van der Waals surface area contributed by atoms with Gasteiger partial charge in [0, 0.05) is 12.1 Å². The Morgan fingerprint density at radius 1 is 0.950 bits per heavy atom. The zero-order valence-electron chi connectivity index (χ0n) is 10.8. The van der Waals surface area contributed by atoms with Crippen LogP contribution in [0.5, 0.6) is 0 Å². The van der Waals surface area contributed by atoms with Crippen molar-refractivity contribution in [1.29, 1.82) is 0 Å². The molecule has 8 atom stereocenters. The minimum atomic E-state index is -1.40. The lowest BCUT2D eigenvalue weighted by atomic mass is 9.84. The van der Waals surface area contributed by atoms with Crippen molar-refractivity contribution in [2.75, 3.05) is 6.61 Å². The summed E-state index contributed by atoms with van der Waals surface area (Å²) in [5.74, 6) is 0. The Bertz CT molecular complexity index is 320. The third kappa shape index (κ3) is 2.82. The summed E-state index contributed by atoms with van der Waals surface area (Å²) in [4.78, 5) is 0. The fraction of sp³-hybridized carbons (Fsp3) is 1.00. The first-order chi connectivity index (χ1) is 9.36. The Hall–Kier alpha value is -0.360. The molecule has 9 heteroatoms. The van der Waals surface area contributed by atoms with Crippen LogP contribution in [-0.2, 0) is 9.47 Å². The van der Waals surface area contributed by atoms with Gasteiger partial charge >= 0.3 is 0 Å². The molecule has 118 valence electrons. The summed E-state index contributed by atoms with van der Waals surface area (Å²) in [6, 6.07) is -1.34. The zero-order valence-corrected chi connectivity index (χ0v) is 10.8. The molecule has 1 aliphatic heterocycles. The van der Waals surface area contributed by atoms with Crippen molar-refractivity contribution in [2.24, 2.45) is 11.5 Å². The van der Waals surface area contributed by atoms with E-state index in [0.717, 1.165) is 0 Å². The standard InChI is InChI=1S/C11H22N2O7/c12-3-1-4(13)7(16)10(6(3)15)20-11-9(18)8(17)5(2-14)19-11/h3-11,14-18H,1-2,12-13H2. The number of ether oxygens (including phenoxy) is 2. The van der Waals surface area contributed by atoms with Crippen LogP contribution in [0.15, 0.2) is 0 Å². The highest BCUT2D eigenvalue weighted by molar-refractivity contribution is 4.98. The van der Waals surface area contributed by atoms with Crippen molar-refractivity contribution in [3.05, 3.63) is 0 Å². The van der Waals surface area contributed by atoms with Crippen LogP contribution in [0.3, 0.4) is 0 Å². The second-order valence-electron chi connectivity index (χ2n) is 5.35. The third-order valence-electron chi connectivity index (χ3n) is 3.88. The van der Waals surface area contributed by atoms with Crippen LogP contribution in [0.25, 0.3) is 0 Å². The Balaban J connectivity index is 2.04. The highest BCUT2D eigenvalue weighted by Gasteiger charge is 2.48. The molecule has 9 N–H and O–H groups in total. The Morgan fingerprint density at radius 3 is 1.95 bits per heavy atom. The lowest BCUT2D eigenvalue weighted by molar-refractivity contribution is -0.241. The van der Waals surface area contributed by atoms with Gasteiger partial charge in [-0.3, -0.25) is 0 Å². The van der Waals surface area contributed by atoms with E-state index in [1.165, 1.54) is 0 Å². The topological polar surface area (TPSA) is 172 Å². The average Bonchev–Trinajstić information content (AvgIpc) is 2.69. The maximum atomic E-state index is 9.95. The molecule has 0 aromatic heterocycles. The first kappa shape index (κ1) is 16.0. The maximum absolute atomic E-state index is 9.95. The van der Waals surface area contributed by atoms with Gasteiger partial charge in [-0.1, -0.05) is 0 Å². The summed E-state index contributed by atoms with van der Waals surface area (Å²) in [5, 5.41) is 48.2. The van der Waals surface area contributed by atoms with E-state index < -0.39 is 61.6 Å². The smallest absolute Gasteiger partial charge is 0.187 e. The molecule has 0 spiro atoms. The Morgan fingerprint density at radius 2 is 1.50 bits per heavy atom. The van der Waals surface area contributed by atoms with Crippen molar-refractivity contribution in [3.63, 3.8) is 0 Å². The van der Waals surface area contributed by atoms with Crippen LogP contribution in [-0.4, -0.2) is 87.1 Å². The molecule has 0 bridgehead atoms. The van der Waals surface area contributed by atoms with E-state index in [9.17, 15) is 20.4 Å². The molecule has 1 saturated heterocycles. The number of hydrogen-bond acceptors (Lipinski definition) is 9. The van der Waals surface area contributed by atoms with Crippen LogP contribution in [0.4, 0.5) is 0 Å². The number of hydrogen-bond donors (Lipinski definition) is 7. The van der Waals surface area contributed by atoms with Gasteiger partial charge in [0.05, 0.1) is 18.8 Å². The molecule has 0 aromatic carbocycles. The lowest BCUT2D eigenvalue weighted by Gasteiger charge is -2.40. The molecular formula is C11H22N2O7. The predicted octanol–water partition coefficient (Wildman–Crippen LogP) is -4.41. The summed E-state index contributed by atoms with van der Waals surface area (Å²) in [6.07, 6.45) is -8.25. The first-order valence-corrected chi connectivity index (χ1v) is 6.52. The summed E-state index contributed by atoms with van der Waals surface area (Å²) < 4.78 is 10.5. The SMILES string of the molecule is NC1CC(N)C(O)C(OC2OC(CO)C(O)C2O)C1O. The molecule has 2 fully saturated rings. The normalized spacial score (nSPS) is 53.2. The Labute approximate surface area is 115 Å². The van der Waals surface area contributed by atoms with Crippen molar-refractivity contribution < 1.29 is 35.0 Å². The van der Waals surface area contributed by atoms with E-state index in [1.54, 1.807) is 0 Å². The van der Waals surface area contributed by atoms with Gasteiger partial charge < -0.3 is 46.5 Å². The molecule has 0 aromatic rings. The van der Waals surface area contributed by atoms with Crippen LogP contribution in [0.1, 0.15) is 6.42 Å². The predicted molar refractivity (Wildman–Crippen MR) is 65.2 cm³/mol. The van der Waals surface area contributed by atoms with Gasteiger partial charge in [-0.15, -0.1) is 0 Å². The lowest BCUT2D eigenvalue weighted by Crippen LogP contribution is -2.63. The van der Waals surface area contributed by atoms with Gasteiger partial charge in [0.25, 0.3) is 0 Å². The van der Waals surface area contributed by atoms with Gasteiger partial charge in [0.1, 0.15) is 24.4 Å². The van der Waals surface area contributed by atoms with Crippen molar-refractivity contribution >= 4 is 0 Å². The second kappa shape index (κ2) is 6.18. The largest absolute Gasteiger partial charge is 0.394 e. The number of nitrogens with two attached hydrogens (primary N) is 2. The van der Waals surface area contributed by atoms with E-state index in [1.807, 2.05) is 0 Å². The van der Waals surface area contributed by atoms with E-state index in [0.29, 0.717) is 0 Å². The summed E-state index contributed by atoms with van der Waals surface area (Å²) >= 11 is 0. The number of aliphatic hydroxyl groups is 5. The van der Waals surface area contributed by atoms with Gasteiger partial charge in [-0.25, -0.2) is 0 Å². The van der Waals surface area contributed by atoms with Gasteiger partial charge in [0.15, 0.2) is 6.29 Å². The Kier molecular flexibility index (Phi) is 4.95. The molecule has 2 rings (SSSR count). The minimum absolute atomic E-state index is 0.234. The average molecular weight is 294 g/mol. The number of rotatable bonds is 3. The summed E-state index contributed by atoms with van der Waals surface area (Å²) in [6.45, 7) is -0.493. The van der Waals surface area contributed by atoms with Crippen LogP contribution in [0.2, 0.25) is 0 Å². The van der Waals surface area contributed by atoms with E-state index in [2.05, 4.69) is 0 Å². The first-order valence-electron chi connectivity index (χ1n) is 6.52. The quantitative estimate of drug-likeness (QED) is 0.271. The fourth-order valence-corrected chi connectivity index (χ4v) is 2.58. The van der Waals surface area contributed by atoms with Crippen LogP contribution >= 0.6 is 0 Å². The molecular weight excluding hydrogens is 272 g/mol. The summed E-state index contributed by atoms with van der Waals surface area (Å²) in [5.41, 5.74) is 11.4. The van der Waals surface area contributed by atoms with Gasteiger partial charge in [-0.2, -0.15) is 0 Å². The van der Waals surface area contributed by atoms with Crippen molar-refractivity contribution in [1.82, 2.24) is 0 Å². The van der Waals surface area contributed by atoms with Gasteiger partial charge in [-0.05, 0) is 6.42 Å². The molecule has 1 saturated carbocycles. The monoisotopic (exact) mass is 294 g/mol. The highest BCUT2D eigenvalue weighted by atomic mass is 16.7. The molecule has 1 heterocycles. The fourth-order valence-electron chi connectivity index (χ4n) is 2.58. The maximum Gasteiger partial charge on any atom is 0.187 e. The van der Waals surface area contributed by atoms with E-state index in [4.69, 9.17) is 26.0 Å². The molecule has 9 nitrogen and oxygen atoms in total. The van der Waals surface area contributed by atoms with E-state index in [-0.39, 0.29) is 6.42 Å². The number of aliphatic hydroxyl groups excluding tert-OH is 5. The second-order valence-corrected chi connectivity index (χ2v) is 5.35. The molecule has 1 aliphatic carbocycles. The van der Waals surface area contributed by atoms with E-state index >= 15 is 0 Å². The highest BCUT2D eigenvalue weighted by Crippen LogP contribution is 2.28. The molecule has 0 amide bonds. The summed E-state index contributed by atoms with van der Waals surface area (Å²) in [7, 11) is 0. The molecule has 8 unspecified atom stereocenters. The van der Waals surface area contributed by atoms with Crippen molar-refractivity contribution in [3.8, 4) is 0 Å². The van der Waals surface area contributed by atoms with Crippen molar-refractivity contribution in [2.45, 2.75) is 61.4 Å². The molecule has 2 aliphatic rings. The molecule has 20 heavy (non-hydrogen) atoms. The van der Waals surface area contributed by atoms with Gasteiger partial charge in [0.2, 0.25) is 0 Å². The zero-order chi connectivity index (χ0) is 15.0. The van der Waals surface area contributed by atoms with Crippen LogP contribution < -0.4 is 11.5 Å². The third-order valence-corrected chi connectivity index (χ3v) is 3.88. The van der Waals surface area contributed by atoms with Crippen LogP contribution in [0, 0.1) is 0 Å². The minimum Gasteiger partial charge on any atom is -0.394 e.